The summed E-state index contributed by atoms with van der Waals surface area (Å²) in [6.45, 7) is 1.06. The molecule has 1 atom stereocenters. The van der Waals surface area contributed by atoms with Crippen molar-refractivity contribution in [3.05, 3.63) is 74.3 Å². The van der Waals surface area contributed by atoms with E-state index in [-0.39, 0.29) is 18.5 Å². The van der Waals surface area contributed by atoms with E-state index in [0.29, 0.717) is 35.7 Å². The number of alkyl halides is 3. The third-order valence-electron chi connectivity index (χ3n) is 4.91. The second kappa shape index (κ2) is 8.50. The molecule has 4 heterocycles. The zero-order valence-corrected chi connectivity index (χ0v) is 17.0. The SMILES string of the molecule is O=CC1C=CC=C(C2=CCN(c3ncn(Cc4ccc(C(F)(F)F)s4)c(=O)n3)CC2)N1. The summed E-state index contributed by atoms with van der Waals surface area (Å²) >= 11 is 0.595. The molecule has 0 fully saturated rings. The third kappa shape index (κ3) is 4.76. The van der Waals surface area contributed by atoms with E-state index in [1.165, 1.54) is 17.0 Å². The number of halogens is 3. The van der Waals surface area contributed by atoms with E-state index in [0.717, 1.165) is 23.6 Å². The number of thiophene rings is 1. The van der Waals surface area contributed by atoms with Crippen molar-refractivity contribution in [3.63, 3.8) is 0 Å². The zero-order chi connectivity index (χ0) is 22.0. The molecular weight excluding hydrogens is 431 g/mol. The molecular formula is C20H18F3N5O2S. The van der Waals surface area contributed by atoms with E-state index >= 15 is 0 Å². The minimum absolute atomic E-state index is 0.0187. The predicted molar refractivity (Wildman–Crippen MR) is 110 cm³/mol. The lowest BCUT2D eigenvalue weighted by atomic mass is 10.0. The Morgan fingerprint density at radius 1 is 1.32 bits per heavy atom. The quantitative estimate of drug-likeness (QED) is 0.707. The van der Waals surface area contributed by atoms with Crippen molar-refractivity contribution >= 4 is 23.6 Å². The summed E-state index contributed by atoms with van der Waals surface area (Å²) in [6.07, 6.45) is 5.93. The molecule has 2 aliphatic heterocycles. The Labute approximate surface area is 179 Å². The highest BCUT2D eigenvalue weighted by Crippen LogP contribution is 2.34. The van der Waals surface area contributed by atoms with Crippen molar-refractivity contribution in [1.29, 1.82) is 0 Å². The summed E-state index contributed by atoms with van der Waals surface area (Å²) in [5.74, 6) is 0.273. The Morgan fingerprint density at radius 3 is 2.81 bits per heavy atom. The van der Waals surface area contributed by atoms with Crippen LogP contribution in [0.5, 0.6) is 0 Å². The number of nitrogens with zero attached hydrogens (tertiary/aromatic N) is 4. The summed E-state index contributed by atoms with van der Waals surface area (Å²) in [5.41, 5.74) is 1.39. The molecule has 0 aliphatic carbocycles. The maximum absolute atomic E-state index is 12.7. The number of anilines is 1. The molecule has 0 saturated heterocycles. The summed E-state index contributed by atoms with van der Waals surface area (Å²) < 4.78 is 39.4. The zero-order valence-electron chi connectivity index (χ0n) is 16.2. The molecule has 2 aromatic rings. The highest BCUT2D eigenvalue weighted by Gasteiger charge is 2.32. The lowest BCUT2D eigenvalue weighted by molar-refractivity contribution is -0.134. The van der Waals surface area contributed by atoms with Crippen LogP contribution in [0.2, 0.25) is 0 Å². The standard InChI is InChI=1S/C20H18F3N5O2S/c21-20(22,23)17-5-4-15(31-17)10-28-12-24-18(26-19(28)30)27-8-6-13(7-9-27)16-3-1-2-14(11-29)25-16/h1-6,11-12,14,25H,7-10H2. The minimum atomic E-state index is -4.40. The number of carbonyl (C=O) groups excluding carboxylic acids is 1. The lowest BCUT2D eigenvalue weighted by Crippen LogP contribution is -2.36. The van der Waals surface area contributed by atoms with Gasteiger partial charge in [-0.05, 0) is 30.2 Å². The Hall–Kier alpha value is -3.21. The van der Waals surface area contributed by atoms with Gasteiger partial charge in [-0.3, -0.25) is 4.57 Å². The molecule has 7 nitrogen and oxygen atoms in total. The first-order valence-electron chi connectivity index (χ1n) is 9.47. The topological polar surface area (TPSA) is 80.1 Å². The normalized spacial score (nSPS) is 18.9. The Kier molecular flexibility index (Phi) is 5.77. The fourth-order valence-electron chi connectivity index (χ4n) is 3.32. The first kappa shape index (κ1) is 21.0. The van der Waals surface area contributed by atoms with Crippen LogP contribution in [0.25, 0.3) is 0 Å². The number of nitrogens with one attached hydrogen (secondary N) is 1. The number of hydrogen-bond acceptors (Lipinski definition) is 7. The maximum atomic E-state index is 12.7. The largest absolute Gasteiger partial charge is 0.425 e. The van der Waals surface area contributed by atoms with Gasteiger partial charge in [-0.1, -0.05) is 18.2 Å². The van der Waals surface area contributed by atoms with E-state index in [9.17, 15) is 22.8 Å². The minimum Gasteiger partial charge on any atom is -0.372 e. The first-order chi connectivity index (χ1) is 14.8. The fourth-order valence-corrected chi connectivity index (χ4v) is 4.19. The van der Waals surface area contributed by atoms with Crippen LogP contribution in [0.15, 0.2) is 58.8 Å². The second-order valence-corrected chi connectivity index (χ2v) is 8.20. The molecule has 2 aromatic heterocycles. The molecule has 2 aliphatic rings. The van der Waals surface area contributed by atoms with E-state index in [1.807, 2.05) is 23.1 Å². The monoisotopic (exact) mass is 449 g/mol. The van der Waals surface area contributed by atoms with Crippen LogP contribution < -0.4 is 15.9 Å². The number of allylic oxidation sites excluding steroid dienone is 3. The number of rotatable bonds is 5. The van der Waals surface area contributed by atoms with E-state index < -0.39 is 16.7 Å². The predicted octanol–water partition coefficient (Wildman–Crippen LogP) is 2.51. The number of dihydropyridines is 1. The summed E-state index contributed by atoms with van der Waals surface area (Å²) in [6, 6.07) is 2.01. The van der Waals surface area contributed by atoms with Crippen LogP contribution in [0.4, 0.5) is 19.1 Å². The van der Waals surface area contributed by atoms with E-state index in [4.69, 9.17) is 0 Å². The van der Waals surface area contributed by atoms with Crippen molar-refractivity contribution < 1.29 is 18.0 Å². The van der Waals surface area contributed by atoms with Crippen molar-refractivity contribution in [2.45, 2.75) is 25.2 Å². The molecule has 0 radical (unpaired) electrons. The lowest BCUT2D eigenvalue weighted by Gasteiger charge is -2.28. The van der Waals surface area contributed by atoms with Crippen molar-refractivity contribution in [2.75, 3.05) is 18.0 Å². The van der Waals surface area contributed by atoms with Gasteiger partial charge in [0.1, 0.15) is 23.5 Å². The van der Waals surface area contributed by atoms with Gasteiger partial charge in [0.25, 0.3) is 0 Å². The van der Waals surface area contributed by atoms with Gasteiger partial charge in [0.15, 0.2) is 0 Å². The van der Waals surface area contributed by atoms with E-state index in [2.05, 4.69) is 15.3 Å². The Morgan fingerprint density at radius 2 is 2.16 bits per heavy atom. The average Bonchev–Trinajstić information content (AvgIpc) is 3.25. The third-order valence-corrected chi connectivity index (χ3v) is 6.02. The highest BCUT2D eigenvalue weighted by atomic mass is 32.1. The smallest absolute Gasteiger partial charge is 0.372 e. The van der Waals surface area contributed by atoms with Gasteiger partial charge in [0.05, 0.1) is 6.54 Å². The maximum Gasteiger partial charge on any atom is 0.425 e. The van der Waals surface area contributed by atoms with Crippen molar-refractivity contribution in [3.8, 4) is 0 Å². The van der Waals surface area contributed by atoms with Gasteiger partial charge in [0.2, 0.25) is 5.95 Å². The number of carbonyl (C=O) groups is 1. The van der Waals surface area contributed by atoms with Gasteiger partial charge in [-0.25, -0.2) is 9.78 Å². The second-order valence-electron chi connectivity index (χ2n) is 7.03. The van der Waals surface area contributed by atoms with Gasteiger partial charge in [0, 0.05) is 23.7 Å². The molecule has 4 rings (SSSR count). The fraction of sp³-hybridized carbons (Fsp3) is 0.300. The number of aldehydes is 1. The molecule has 31 heavy (non-hydrogen) atoms. The van der Waals surface area contributed by atoms with Gasteiger partial charge < -0.3 is 15.0 Å². The van der Waals surface area contributed by atoms with Gasteiger partial charge >= 0.3 is 11.9 Å². The van der Waals surface area contributed by atoms with Crippen molar-refractivity contribution in [1.82, 2.24) is 19.9 Å². The van der Waals surface area contributed by atoms with Crippen molar-refractivity contribution in [2.24, 2.45) is 0 Å². The van der Waals surface area contributed by atoms with E-state index in [1.54, 1.807) is 6.08 Å². The van der Waals surface area contributed by atoms with Crippen LogP contribution in [0.3, 0.4) is 0 Å². The molecule has 1 unspecified atom stereocenters. The Bertz CT molecular complexity index is 1130. The molecule has 162 valence electrons. The molecule has 0 bridgehead atoms. The molecule has 0 amide bonds. The van der Waals surface area contributed by atoms with Crippen LogP contribution in [-0.4, -0.2) is 40.0 Å². The Balaban J connectivity index is 1.43. The number of hydrogen-bond donors (Lipinski definition) is 1. The molecule has 0 spiro atoms. The highest BCUT2D eigenvalue weighted by molar-refractivity contribution is 7.12. The molecule has 11 heteroatoms. The summed E-state index contributed by atoms with van der Waals surface area (Å²) in [7, 11) is 0. The molecule has 0 saturated carbocycles. The van der Waals surface area contributed by atoms with Crippen LogP contribution in [0, 0.1) is 0 Å². The van der Waals surface area contributed by atoms with Crippen LogP contribution in [-0.2, 0) is 17.5 Å². The summed E-state index contributed by atoms with van der Waals surface area (Å²) in [4.78, 5) is 33.1. The first-order valence-corrected chi connectivity index (χ1v) is 10.3. The number of aromatic nitrogens is 3. The van der Waals surface area contributed by atoms with Crippen LogP contribution in [0.1, 0.15) is 16.2 Å². The van der Waals surface area contributed by atoms with Gasteiger partial charge in [-0.2, -0.15) is 18.2 Å². The van der Waals surface area contributed by atoms with Crippen LogP contribution >= 0.6 is 11.3 Å². The molecule has 1 N–H and O–H groups in total. The van der Waals surface area contributed by atoms with Gasteiger partial charge in [-0.15, -0.1) is 11.3 Å². The summed E-state index contributed by atoms with van der Waals surface area (Å²) in [5, 5.41) is 3.14. The molecule has 0 aromatic carbocycles. The average molecular weight is 449 g/mol.